The Morgan fingerprint density at radius 2 is 1.96 bits per heavy atom. The van der Waals surface area contributed by atoms with Crippen molar-refractivity contribution in [1.82, 2.24) is 25.2 Å². The highest BCUT2D eigenvalue weighted by Crippen LogP contribution is 2.06. The van der Waals surface area contributed by atoms with E-state index in [1.807, 2.05) is 26.0 Å². The maximum atomic E-state index is 12.5. The molecule has 0 fully saturated rings. The van der Waals surface area contributed by atoms with E-state index in [2.05, 4.69) is 20.3 Å². The molecular formula is C17H21N5O2. The van der Waals surface area contributed by atoms with Crippen LogP contribution in [0.5, 0.6) is 0 Å². The summed E-state index contributed by atoms with van der Waals surface area (Å²) in [7, 11) is 0. The topological polar surface area (TPSA) is 88.1 Å². The SMILES string of the molecule is CC(C)N(CCC(=O)NCc1cccnc1)C(=O)c1cnccn1. The fourth-order valence-electron chi connectivity index (χ4n) is 2.16. The first kappa shape index (κ1) is 17.5. The smallest absolute Gasteiger partial charge is 0.274 e. The van der Waals surface area contributed by atoms with E-state index < -0.39 is 0 Å². The summed E-state index contributed by atoms with van der Waals surface area (Å²) >= 11 is 0. The summed E-state index contributed by atoms with van der Waals surface area (Å²) in [6.45, 7) is 4.56. The molecule has 0 bridgehead atoms. The second-order valence-electron chi connectivity index (χ2n) is 5.57. The van der Waals surface area contributed by atoms with Crippen LogP contribution >= 0.6 is 0 Å². The largest absolute Gasteiger partial charge is 0.352 e. The van der Waals surface area contributed by atoms with E-state index in [4.69, 9.17) is 0 Å². The Morgan fingerprint density at radius 1 is 1.17 bits per heavy atom. The van der Waals surface area contributed by atoms with Crippen molar-refractivity contribution < 1.29 is 9.59 Å². The van der Waals surface area contributed by atoms with Crippen LogP contribution < -0.4 is 5.32 Å². The Hall–Kier alpha value is -2.83. The van der Waals surface area contributed by atoms with E-state index in [-0.39, 0.29) is 30.0 Å². The zero-order chi connectivity index (χ0) is 17.4. The molecule has 0 saturated carbocycles. The average Bonchev–Trinajstić information content (AvgIpc) is 2.61. The molecule has 0 spiro atoms. The zero-order valence-electron chi connectivity index (χ0n) is 13.8. The number of hydrogen-bond donors (Lipinski definition) is 1. The van der Waals surface area contributed by atoms with Gasteiger partial charge in [-0.2, -0.15) is 0 Å². The molecule has 2 rings (SSSR count). The number of carbonyl (C=O) groups is 2. The summed E-state index contributed by atoms with van der Waals surface area (Å²) in [5.74, 6) is -0.338. The quantitative estimate of drug-likeness (QED) is 0.831. The molecule has 0 aromatic carbocycles. The molecule has 7 nitrogen and oxygen atoms in total. The summed E-state index contributed by atoms with van der Waals surface area (Å²) in [6, 6.07) is 3.68. The fraction of sp³-hybridized carbons (Fsp3) is 0.353. The first-order valence-electron chi connectivity index (χ1n) is 7.80. The second-order valence-corrected chi connectivity index (χ2v) is 5.57. The Labute approximate surface area is 141 Å². The van der Waals surface area contributed by atoms with Crippen LogP contribution in [0.25, 0.3) is 0 Å². The first-order valence-corrected chi connectivity index (χ1v) is 7.80. The van der Waals surface area contributed by atoms with Crippen LogP contribution in [0.15, 0.2) is 43.1 Å². The van der Waals surface area contributed by atoms with Crippen molar-refractivity contribution >= 4 is 11.8 Å². The lowest BCUT2D eigenvalue weighted by Crippen LogP contribution is -2.40. The van der Waals surface area contributed by atoms with Crippen LogP contribution in [-0.4, -0.2) is 44.3 Å². The number of aromatic nitrogens is 3. The lowest BCUT2D eigenvalue weighted by molar-refractivity contribution is -0.121. The van der Waals surface area contributed by atoms with E-state index in [0.717, 1.165) is 5.56 Å². The van der Waals surface area contributed by atoms with Crippen LogP contribution in [0.4, 0.5) is 0 Å². The minimum atomic E-state index is -0.224. The maximum absolute atomic E-state index is 12.5. The Kier molecular flexibility index (Phi) is 6.36. The molecule has 2 amide bonds. The van der Waals surface area contributed by atoms with E-state index in [0.29, 0.717) is 13.1 Å². The molecule has 0 aliphatic heterocycles. The summed E-state index contributed by atoms with van der Waals surface area (Å²) < 4.78 is 0. The van der Waals surface area contributed by atoms with Crippen LogP contribution in [0.2, 0.25) is 0 Å². The number of amides is 2. The average molecular weight is 327 g/mol. The van der Waals surface area contributed by atoms with Gasteiger partial charge in [0.15, 0.2) is 0 Å². The van der Waals surface area contributed by atoms with Crippen molar-refractivity contribution in [2.24, 2.45) is 0 Å². The van der Waals surface area contributed by atoms with E-state index in [1.165, 1.54) is 18.6 Å². The number of rotatable bonds is 7. The minimum Gasteiger partial charge on any atom is -0.352 e. The standard InChI is InChI=1S/C17H21N5O2/c1-13(2)22(17(24)15-12-19-7-8-20-15)9-5-16(23)21-11-14-4-3-6-18-10-14/h3-4,6-8,10,12-13H,5,9,11H2,1-2H3,(H,21,23). The molecule has 0 aliphatic rings. The van der Waals surface area contributed by atoms with Gasteiger partial charge in [-0.1, -0.05) is 6.07 Å². The summed E-state index contributed by atoms with van der Waals surface area (Å²) in [4.78, 5) is 38.0. The molecule has 7 heteroatoms. The van der Waals surface area contributed by atoms with Gasteiger partial charge in [0.05, 0.1) is 6.20 Å². The number of carbonyl (C=O) groups excluding carboxylic acids is 2. The normalized spacial score (nSPS) is 10.5. The molecule has 2 heterocycles. The lowest BCUT2D eigenvalue weighted by atomic mass is 10.2. The van der Waals surface area contributed by atoms with Crippen molar-refractivity contribution in [3.63, 3.8) is 0 Å². The first-order chi connectivity index (χ1) is 11.6. The molecule has 0 radical (unpaired) electrons. The van der Waals surface area contributed by atoms with Crippen molar-refractivity contribution in [3.8, 4) is 0 Å². The monoisotopic (exact) mass is 327 g/mol. The van der Waals surface area contributed by atoms with Crippen molar-refractivity contribution in [3.05, 3.63) is 54.4 Å². The summed E-state index contributed by atoms with van der Waals surface area (Å²) in [5.41, 5.74) is 1.21. The van der Waals surface area contributed by atoms with Gasteiger partial charge >= 0.3 is 0 Å². The highest BCUT2D eigenvalue weighted by molar-refractivity contribution is 5.92. The molecular weight excluding hydrogens is 306 g/mol. The van der Waals surface area contributed by atoms with Crippen LogP contribution in [0.3, 0.4) is 0 Å². The molecule has 0 saturated heterocycles. The van der Waals surface area contributed by atoms with Gasteiger partial charge in [-0.3, -0.25) is 19.6 Å². The Balaban J connectivity index is 1.87. The predicted molar refractivity (Wildman–Crippen MR) is 88.9 cm³/mol. The Morgan fingerprint density at radius 3 is 2.58 bits per heavy atom. The lowest BCUT2D eigenvalue weighted by Gasteiger charge is -2.26. The van der Waals surface area contributed by atoms with Gasteiger partial charge in [0.1, 0.15) is 5.69 Å². The zero-order valence-corrected chi connectivity index (χ0v) is 13.8. The van der Waals surface area contributed by atoms with E-state index in [9.17, 15) is 9.59 Å². The molecule has 2 aromatic rings. The van der Waals surface area contributed by atoms with E-state index in [1.54, 1.807) is 17.3 Å². The maximum Gasteiger partial charge on any atom is 0.274 e. The van der Waals surface area contributed by atoms with Crippen LogP contribution in [0.1, 0.15) is 36.3 Å². The number of nitrogens with zero attached hydrogens (tertiary/aromatic N) is 4. The third-order valence-corrected chi connectivity index (χ3v) is 3.46. The molecule has 0 unspecified atom stereocenters. The van der Waals surface area contributed by atoms with Gasteiger partial charge in [0.25, 0.3) is 5.91 Å². The molecule has 0 aliphatic carbocycles. The molecule has 0 atom stereocenters. The third kappa shape index (κ3) is 5.12. The van der Waals surface area contributed by atoms with Gasteiger partial charge in [-0.15, -0.1) is 0 Å². The fourth-order valence-corrected chi connectivity index (χ4v) is 2.16. The summed E-state index contributed by atoms with van der Waals surface area (Å²) in [5, 5.41) is 2.83. The molecule has 126 valence electrons. The predicted octanol–water partition coefficient (Wildman–Crippen LogP) is 1.43. The third-order valence-electron chi connectivity index (χ3n) is 3.46. The van der Waals surface area contributed by atoms with Crippen molar-refractivity contribution in [2.75, 3.05) is 6.54 Å². The Bertz CT molecular complexity index is 661. The highest BCUT2D eigenvalue weighted by atomic mass is 16.2. The van der Waals surface area contributed by atoms with Crippen molar-refractivity contribution in [1.29, 1.82) is 0 Å². The molecule has 1 N–H and O–H groups in total. The molecule has 24 heavy (non-hydrogen) atoms. The molecule has 2 aromatic heterocycles. The number of hydrogen-bond acceptors (Lipinski definition) is 5. The summed E-state index contributed by atoms with van der Waals surface area (Å²) in [6.07, 6.45) is 8.04. The van der Waals surface area contributed by atoms with Crippen LogP contribution in [-0.2, 0) is 11.3 Å². The number of pyridine rings is 1. The van der Waals surface area contributed by atoms with Gasteiger partial charge in [0.2, 0.25) is 5.91 Å². The van der Waals surface area contributed by atoms with Gasteiger partial charge < -0.3 is 10.2 Å². The van der Waals surface area contributed by atoms with E-state index >= 15 is 0 Å². The van der Waals surface area contributed by atoms with Gasteiger partial charge in [-0.25, -0.2) is 4.98 Å². The number of nitrogens with one attached hydrogen (secondary N) is 1. The minimum absolute atomic E-state index is 0.0365. The van der Waals surface area contributed by atoms with Gasteiger partial charge in [-0.05, 0) is 25.5 Å². The second kappa shape index (κ2) is 8.71. The van der Waals surface area contributed by atoms with Gasteiger partial charge in [0, 0.05) is 50.3 Å². The highest BCUT2D eigenvalue weighted by Gasteiger charge is 2.20. The van der Waals surface area contributed by atoms with Crippen LogP contribution in [0, 0.1) is 0 Å². The van der Waals surface area contributed by atoms with Crippen molar-refractivity contribution in [2.45, 2.75) is 32.9 Å².